The van der Waals surface area contributed by atoms with Crippen molar-refractivity contribution in [3.8, 4) is 0 Å². The zero-order chi connectivity index (χ0) is 8.27. The topological polar surface area (TPSA) is 35.2 Å². The van der Waals surface area contributed by atoms with Crippen LogP contribution in [0.2, 0.25) is 0 Å². The molecule has 0 bridgehead atoms. The summed E-state index contributed by atoms with van der Waals surface area (Å²) in [6.07, 6.45) is 0. The van der Waals surface area contributed by atoms with Gasteiger partial charge in [0.15, 0.2) is 0 Å². The van der Waals surface area contributed by atoms with E-state index >= 15 is 0 Å². The van der Waals surface area contributed by atoms with Crippen LogP contribution in [0.15, 0.2) is 18.2 Å². The van der Waals surface area contributed by atoms with Crippen LogP contribution in [-0.2, 0) is 11.4 Å². The van der Waals surface area contributed by atoms with Gasteiger partial charge in [-0.25, -0.2) is 10.3 Å². The maximum Gasteiger partial charge on any atom is 0.126 e. The van der Waals surface area contributed by atoms with Crippen molar-refractivity contribution in [3.05, 3.63) is 35.1 Å². The lowest BCUT2D eigenvalue weighted by Crippen LogP contribution is -1.99. The Kier molecular flexibility index (Phi) is 2.57. The molecule has 2 N–H and O–H groups in total. The van der Waals surface area contributed by atoms with Gasteiger partial charge in [-0.15, -0.1) is 0 Å². The van der Waals surface area contributed by atoms with Gasteiger partial charge in [-0.2, -0.15) is 0 Å². The highest BCUT2D eigenvalue weighted by molar-refractivity contribution is 5.23. The third-order valence-corrected chi connectivity index (χ3v) is 1.47. The second-order valence-corrected chi connectivity index (χ2v) is 2.39. The Balaban J connectivity index is 2.86. The molecule has 1 rings (SSSR count). The molecule has 0 aliphatic heterocycles. The molecule has 0 saturated heterocycles. The van der Waals surface area contributed by atoms with Crippen molar-refractivity contribution in [2.75, 3.05) is 0 Å². The van der Waals surface area contributed by atoms with E-state index in [0.717, 1.165) is 5.56 Å². The van der Waals surface area contributed by atoms with Crippen molar-refractivity contribution < 1.29 is 9.23 Å². The number of hydrogen-bond acceptors (Lipinski definition) is 2. The zero-order valence-electron chi connectivity index (χ0n) is 6.30. The molecule has 1 aromatic carbocycles. The molecule has 11 heavy (non-hydrogen) atoms. The molecule has 0 aliphatic rings. The summed E-state index contributed by atoms with van der Waals surface area (Å²) in [6, 6.07) is 4.76. The van der Waals surface area contributed by atoms with Crippen molar-refractivity contribution in [1.82, 2.24) is 0 Å². The first kappa shape index (κ1) is 8.17. The summed E-state index contributed by atoms with van der Waals surface area (Å²) in [5.74, 6) is 4.65. The lowest BCUT2D eigenvalue weighted by atomic mass is 10.1. The van der Waals surface area contributed by atoms with E-state index in [2.05, 4.69) is 4.84 Å². The number of aryl methyl sites for hydroxylation is 1. The SMILES string of the molecule is Cc1cc(CON)ccc1F. The Bertz CT molecular complexity index is 250. The molecule has 0 heterocycles. The molecule has 0 saturated carbocycles. The molecule has 0 unspecified atom stereocenters. The first-order valence-electron chi connectivity index (χ1n) is 3.30. The fourth-order valence-corrected chi connectivity index (χ4v) is 0.893. The van der Waals surface area contributed by atoms with E-state index < -0.39 is 0 Å². The minimum Gasteiger partial charge on any atom is -0.300 e. The fourth-order valence-electron chi connectivity index (χ4n) is 0.893. The Morgan fingerprint density at radius 1 is 1.55 bits per heavy atom. The van der Waals surface area contributed by atoms with E-state index in [-0.39, 0.29) is 5.82 Å². The van der Waals surface area contributed by atoms with Crippen molar-refractivity contribution in [2.24, 2.45) is 5.90 Å². The molecule has 2 nitrogen and oxygen atoms in total. The molecular formula is C8H10FNO. The van der Waals surface area contributed by atoms with Gasteiger partial charge in [0.25, 0.3) is 0 Å². The maximum absolute atomic E-state index is 12.7. The van der Waals surface area contributed by atoms with Crippen LogP contribution < -0.4 is 5.90 Å². The zero-order valence-corrected chi connectivity index (χ0v) is 6.30. The van der Waals surface area contributed by atoms with E-state index in [0.29, 0.717) is 12.2 Å². The Morgan fingerprint density at radius 3 is 2.82 bits per heavy atom. The van der Waals surface area contributed by atoms with Crippen LogP contribution in [0.3, 0.4) is 0 Å². The first-order chi connectivity index (χ1) is 5.24. The van der Waals surface area contributed by atoms with Gasteiger partial charge in [0.1, 0.15) is 5.82 Å². The lowest BCUT2D eigenvalue weighted by molar-refractivity contribution is 0.124. The van der Waals surface area contributed by atoms with E-state index in [1.54, 1.807) is 19.1 Å². The highest BCUT2D eigenvalue weighted by Gasteiger charge is 1.97. The molecule has 0 spiro atoms. The third-order valence-electron chi connectivity index (χ3n) is 1.47. The van der Waals surface area contributed by atoms with Crippen LogP contribution in [0.5, 0.6) is 0 Å². The van der Waals surface area contributed by atoms with Gasteiger partial charge >= 0.3 is 0 Å². The molecule has 0 radical (unpaired) electrons. The molecule has 3 heteroatoms. The van der Waals surface area contributed by atoms with Crippen LogP contribution in [0.25, 0.3) is 0 Å². The summed E-state index contributed by atoms with van der Waals surface area (Å²) in [5, 5.41) is 0. The van der Waals surface area contributed by atoms with Crippen molar-refractivity contribution in [2.45, 2.75) is 13.5 Å². The molecular weight excluding hydrogens is 145 g/mol. The second kappa shape index (κ2) is 3.46. The molecule has 60 valence electrons. The quantitative estimate of drug-likeness (QED) is 0.657. The van der Waals surface area contributed by atoms with Crippen molar-refractivity contribution >= 4 is 0 Å². The highest BCUT2D eigenvalue weighted by Crippen LogP contribution is 2.09. The van der Waals surface area contributed by atoms with E-state index in [1.165, 1.54) is 6.07 Å². The number of nitrogens with two attached hydrogens (primary N) is 1. The van der Waals surface area contributed by atoms with E-state index in [4.69, 9.17) is 5.90 Å². The largest absolute Gasteiger partial charge is 0.300 e. The molecule has 1 aromatic rings. The van der Waals surface area contributed by atoms with Crippen LogP contribution in [0, 0.1) is 12.7 Å². The number of hydrogen-bond donors (Lipinski definition) is 1. The van der Waals surface area contributed by atoms with Gasteiger partial charge in [-0.05, 0) is 24.1 Å². The number of halogens is 1. The normalized spacial score (nSPS) is 10.1. The average molecular weight is 155 g/mol. The predicted molar refractivity (Wildman–Crippen MR) is 40.1 cm³/mol. The van der Waals surface area contributed by atoms with Gasteiger partial charge in [0.2, 0.25) is 0 Å². The summed E-state index contributed by atoms with van der Waals surface area (Å²) >= 11 is 0. The second-order valence-electron chi connectivity index (χ2n) is 2.39. The van der Waals surface area contributed by atoms with Crippen LogP contribution in [0.4, 0.5) is 4.39 Å². The summed E-state index contributed by atoms with van der Waals surface area (Å²) in [5.41, 5.74) is 1.49. The fraction of sp³-hybridized carbons (Fsp3) is 0.250. The highest BCUT2D eigenvalue weighted by atomic mass is 19.1. The molecule has 0 amide bonds. The van der Waals surface area contributed by atoms with Crippen molar-refractivity contribution in [3.63, 3.8) is 0 Å². The summed E-state index contributed by atoms with van der Waals surface area (Å²) in [7, 11) is 0. The number of rotatable bonds is 2. The smallest absolute Gasteiger partial charge is 0.126 e. The summed E-state index contributed by atoms with van der Waals surface area (Å²) < 4.78 is 12.7. The molecule has 0 aromatic heterocycles. The first-order valence-corrected chi connectivity index (χ1v) is 3.30. The maximum atomic E-state index is 12.7. The van der Waals surface area contributed by atoms with Crippen molar-refractivity contribution in [1.29, 1.82) is 0 Å². The molecule has 0 fully saturated rings. The Morgan fingerprint density at radius 2 is 2.27 bits per heavy atom. The van der Waals surface area contributed by atoms with Gasteiger partial charge in [0.05, 0.1) is 6.61 Å². The van der Waals surface area contributed by atoms with Crippen LogP contribution in [-0.4, -0.2) is 0 Å². The van der Waals surface area contributed by atoms with Gasteiger partial charge < -0.3 is 0 Å². The van der Waals surface area contributed by atoms with Gasteiger partial charge in [-0.1, -0.05) is 12.1 Å². The molecule has 0 aliphatic carbocycles. The molecule has 0 atom stereocenters. The third kappa shape index (κ3) is 2.00. The van der Waals surface area contributed by atoms with Crippen LogP contribution >= 0.6 is 0 Å². The minimum absolute atomic E-state index is 0.203. The van der Waals surface area contributed by atoms with E-state index in [1.807, 2.05) is 0 Å². The Labute approximate surface area is 64.7 Å². The number of benzene rings is 1. The van der Waals surface area contributed by atoms with E-state index in [9.17, 15) is 4.39 Å². The predicted octanol–water partition coefficient (Wildman–Crippen LogP) is 1.52. The lowest BCUT2D eigenvalue weighted by Gasteiger charge is -2.00. The average Bonchev–Trinajstić information content (AvgIpc) is 1.98. The Hall–Kier alpha value is -0.930. The van der Waals surface area contributed by atoms with Gasteiger partial charge in [-0.3, -0.25) is 4.84 Å². The minimum atomic E-state index is -0.203. The van der Waals surface area contributed by atoms with Gasteiger partial charge in [0, 0.05) is 0 Å². The monoisotopic (exact) mass is 155 g/mol. The standard InChI is InChI=1S/C8H10FNO/c1-6-4-7(5-11-10)2-3-8(6)9/h2-4H,5,10H2,1H3. The summed E-state index contributed by atoms with van der Waals surface area (Å²) in [4.78, 5) is 4.40. The summed E-state index contributed by atoms with van der Waals surface area (Å²) in [6.45, 7) is 2.02. The van der Waals surface area contributed by atoms with Crippen LogP contribution in [0.1, 0.15) is 11.1 Å².